The van der Waals surface area contributed by atoms with Crippen molar-refractivity contribution in [2.24, 2.45) is 0 Å². The normalized spacial score (nSPS) is 18.5. The molecule has 1 saturated heterocycles. The number of allylic oxidation sites excluding steroid dienone is 1. The van der Waals surface area contributed by atoms with Crippen LogP contribution in [0.3, 0.4) is 0 Å². The van der Waals surface area contributed by atoms with Crippen molar-refractivity contribution in [3.05, 3.63) is 84.4 Å². The number of halogens is 2. The molecule has 172 valence electrons. The number of ether oxygens (including phenoxy) is 1. The summed E-state index contributed by atoms with van der Waals surface area (Å²) in [5.74, 6) is -1.70. The number of aromatic nitrogens is 2. The van der Waals surface area contributed by atoms with Gasteiger partial charge in [0.15, 0.2) is 0 Å². The molecule has 5 rings (SSSR count). The molecule has 0 saturated carbocycles. The van der Waals surface area contributed by atoms with Gasteiger partial charge < -0.3 is 9.64 Å². The van der Waals surface area contributed by atoms with Crippen LogP contribution < -0.4 is 4.90 Å². The van der Waals surface area contributed by atoms with Crippen LogP contribution >= 0.6 is 0 Å². The monoisotopic (exact) mass is 450 g/mol. The molecule has 2 aromatic carbocycles. The largest absolute Gasteiger partial charge is 0.489 e. The van der Waals surface area contributed by atoms with Crippen LogP contribution in [0.5, 0.6) is 0 Å². The topological polar surface area (TPSA) is 33.5 Å². The van der Waals surface area contributed by atoms with Gasteiger partial charge in [-0.15, -0.1) is 0 Å². The SMILES string of the molecule is FC1(F)CCCN(CCn2ncc3cc(N4C=CC(OCc5ccccc5)=CC4)ccc32)C1. The van der Waals surface area contributed by atoms with Gasteiger partial charge in [-0.1, -0.05) is 30.3 Å². The summed E-state index contributed by atoms with van der Waals surface area (Å²) in [5.41, 5.74) is 3.24. The van der Waals surface area contributed by atoms with Crippen molar-refractivity contribution in [2.75, 3.05) is 31.1 Å². The lowest BCUT2D eigenvalue weighted by Gasteiger charge is -2.32. The van der Waals surface area contributed by atoms with Crippen molar-refractivity contribution in [3.63, 3.8) is 0 Å². The van der Waals surface area contributed by atoms with E-state index in [-0.39, 0.29) is 13.0 Å². The molecule has 33 heavy (non-hydrogen) atoms. The van der Waals surface area contributed by atoms with E-state index in [1.54, 1.807) is 0 Å². The van der Waals surface area contributed by atoms with Gasteiger partial charge in [-0.05, 0) is 48.9 Å². The van der Waals surface area contributed by atoms with Gasteiger partial charge in [0.2, 0.25) is 0 Å². The highest BCUT2D eigenvalue weighted by Gasteiger charge is 2.34. The van der Waals surface area contributed by atoms with Gasteiger partial charge in [-0.2, -0.15) is 5.10 Å². The van der Waals surface area contributed by atoms with Crippen molar-refractivity contribution < 1.29 is 13.5 Å². The Kier molecular flexibility index (Phi) is 6.13. The van der Waals surface area contributed by atoms with Crippen molar-refractivity contribution >= 4 is 16.6 Å². The minimum absolute atomic E-state index is 0.00223. The highest BCUT2D eigenvalue weighted by molar-refractivity contribution is 5.83. The van der Waals surface area contributed by atoms with E-state index in [9.17, 15) is 8.78 Å². The molecule has 0 spiro atoms. The number of alkyl halides is 2. The number of rotatable bonds is 7. The summed E-state index contributed by atoms with van der Waals surface area (Å²) < 4.78 is 35.1. The molecule has 1 fully saturated rings. The van der Waals surface area contributed by atoms with Crippen molar-refractivity contribution in [1.82, 2.24) is 14.7 Å². The number of hydrogen-bond donors (Lipinski definition) is 0. The third kappa shape index (κ3) is 5.25. The van der Waals surface area contributed by atoms with Crippen LogP contribution in [-0.2, 0) is 17.9 Å². The van der Waals surface area contributed by atoms with E-state index in [1.807, 2.05) is 46.3 Å². The number of hydrogen-bond acceptors (Lipinski definition) is 4. The first-order valence-electron chi connectivity index (χ1n) is 11.4. The zero-order valence-corrected chi connectivity index (χ0v) is 18.5. The van der Waals surface area contributed by atoms with Gasteiger partial charge in [0.05, 0.1) is 24.8 Å². The van der Waals surface area contributed by atoms with E-state index in [0.717, 1.165) is 41.0 Å². The van der Waals surface area contributed by atoms with Crippen molar-refractivity contribution in [2.45, 2.75) is 31.9 Å². The molecule has 0 aliphatic carbocycles. The molecular formula is C26H28F2N4O. The zero-order chi connectivity index (χ0) is 22.7. The summed E-state index contributed by atoms with van der Waals surface area (Å²) >= 11 is 0. The number of likely N-dealkylation sites (tertiary alicyclic amines) is 1. The van der Waals surface area contributed by atoms with Crippen LogP contribution in [0.15, 0.2) is 78.8 Å². The first kappa shape index (κ1) is 21.6. The van der Waals surface area contributed by atoms with Gasteiger partial charge in [0.1, 0.15) is 12.4 Å². The van der Waals surface area contributed by atoms with Crippen LogP contribution in [0.4, 0.5) is 14.5 Å². The average Bonchev–Trinajstić information content (AvgIpc) is 3.24. The Balaban J connectivity index is 1.18. The fourth-order valence-corrected chi connectivity index (χ4v) is 4.42. The zero-order valence-electron chi connectivity index (χ0n) is 18.5. The summed E-state index contributed by atoms with van der Waals surface area (Å²) in [6, 6.07) is 16.4. The Morgan fingerprint density at radius 1 is 1.06 bits per heavy atom. The number of anilines is 1. The second-order valence-electron chi connectivity index (χ2n) is 8.70. The van der Waals surface area contributed by atoms with Crippen LogP contribution in [-0.4, -0.2) is 46.8 Å². The number of benzene rings is 2. The molecule has 2 aliphatic rings. The highest BCUT2D eigenvalue weighted by Crippen LogP contribution is 2.27. The van der Waals surface area contributed by atoms with Gasteiger partial charge in [-0.25, -0.2) is 8.78 Å². The predicted molar refractivity (Wildman–Crippen MR) is 126 cm³/mol. The number of fused-ring (bicyclic) bond motifs is 1. The predicted octanol–water partition coefficient (Wildman–Crippen LogP) is 5.20. The van der Waals surface area contributed by atoms with Gasteiger partial charge in [-0.3, -0.25) is 9.58 Å². The Bertz CT molecular complexity index is 1160. The maximum absolute atomic E-state index is 13.7. The molecule has 2 aliphatic heterocycles. The Morgan fingerprint density at radius 3 is 2.73 bits per heavy atom. The first-order chi connectivity index (χ1) is 16.1. The van der Waals surface area contributed by atoms with Gasteiger partial charge >= 0.3 is 0 Å². The second-order valence-corrected chi connectivity index (χ2v) is 8.70. The maximum atomic E-state index is 13.7. The standard InChI is InChI=1S/C26H28F2N4O/c27-26(28)11-4-12-30(20-26)15-16-32-25-8-7-23(17-22(25)18-29-32)31-13-9-24(10-14-31)33-19-21-5-2-1-3-6-21/h1-3,5-10,13,17-18H,4,11-12,14-16,19-20H2. The van der Waals surface area contributed by atoms with Crippen LogP contribution in [0.2, 0.25) is 0 Å². The molecule has 3 heterocycles. The molecule has 0 bridgehead atoms. The number of nitrogens with zero attached hydrogens (tertiary/aromatic N) is 4. The Labute approximate surface area is 192 Å². The Hall–Kier alpha value is -3.19. The lowest BCUT2D eigenvalue weighted by molar-refractivity contribution is -0.0645. The van der Waals surface area contributed by atoms with E-state index >= 15 is 0 Å². The summed E-state index contributed by atoms with van der Waals surface area (Å²) in [7, 11) is 0. The van der Waals surface area contributed by atoms with Gasteiger partial charge in [0, 0.05) is 36.8 Å². The summed E-state index contributed by atoms with van der Waals surface area (Å²) in [5, 5.41) is 5.54. The fourth-order valence-electron chi connectivity index (χ4n) is 4.42. The summed E-state index contributed by atoms with van der Waals surface area (Å²) in [6.45, 7) is 3.04. The van der Waals surface area contributed by atoms with Crippen LogP contribution in [0, 0.1) is 0 Å². The second kappa shape index (κ2) is 9.35. The lowest BCUT2D eigenvalue weighted by Crippen LogP contribution is -2.43. The number of piperidine rings is 1. The third-order valence-electron chi connectivity index (χ3n) is 6.21. The molecule has 0 amide bonds. The maximum Gasteiger partial charge on any atom is 0.260 e. The molecule has 0 radical (unpaired) electrons. The third-order valence-corrected chi connectivity index (χ3v) is 6.21. The van der Waals surface area contributed by atoms with Crippen LogP contribution in [0.1, 0.15) is 18.4 Å². The smallest absolute Gasteiger partial charge is 0.260 e. The minimum atomic E-state index is -2.57. The highest BCUT2D eigenvalue weighted by atomic mass is 19.3. The lowest BCUT2D eigenvalue weighted by atomic mass is 10.1. The molecule has 7 heteroatoms. The van der Waals surface area contributed by atoms with Crippen LogP contribution in [0.25, 0.3) is 10.9 Å². The van der Waals surface area contributed by atoms with E-state index in [1.165, 1.54) is 0 Å². The first-order valence-corrected chi connectivity index (χ1v) is 11.4. The minimum Gasteiger partial charge on any atom is -0.489 e. The Morgan fingerprint density at radius 2 is 1.94 bits per heavy atom. The fraction of sp³-hybridized carbons (Fsp3) is 0.346. The van der Waals surface area contributed by atoms with E-state index < -0.39 is 5.92 Å². The van der Waals surface area contributed by atoms with Gasteiger partial charge in [0.25, 0.3) is 5.92 Å². The molecule has 1 aromatic heterocycles. The summed E-state index contributed by atoms with van der Waals surface area (Å²) in [6.07, 6.45) is 8.48. The van der Waals surface area contributed by atoms with Crippen molar-refractivity contribution in [1.29, 1.82) is 0 Å². The summed E-state index contributed by atoms with van der Waals surface area (Å²) in [4.78, 5) is 4.00. The quantitative estimate of drug-likeness (QED) is 0.495. The van der Waals surface area contributed by atoms with E-state index in [0.29, 0.717) is 26.1 Å². The van der Waals surface area contributed by atoms with E-state index in [4.69, 9.17) is 4.74 Å². The molecular weight excluding hydrogens is 422 g/mol. The molecule has 5 nitrogen and oxygen atoms in total. The van der Waals surface area contributed by atoms with E-state index in [2.05, 4.69) is 46.4 Å². The molecule has 3 aromatic rings. The van der Waals surface area contributed by atoms with Crippen molar-refractivity contribution in [3.8, 4) is 0 Å². The molecule has 0 unspecified atom stereocenters. The molecule has 0 N–H and O–H groups in total. The average molecular weight is 451 g/mol. The molecule has 0 atom stereocenters.